The van der Waals surface area contributed by atoms with Crippen molar-refractivity contribution >= 4 is 11.6 Å². The molecule has 0 aliphatic carbocycles. The fraction of sp³-hybridized carbons (Fsp3) is 0.306. The molecule has 224 valence electrons. The van der Waals surface area contributed by atoms with Crippen molar-refractivity contribution in [3.8, 4) is 0 Å². The summed E-state index contributed by atoms with van der Waals surface area (Å²) in [4.78, 5) is 14.8. The average molecular weight is 581 g/mol. The molecular weight excluding hydrogens is 540 g/mol. The van der Waals surface area contributed by atoms with Crippen molar-refractivity contribution < 1.29 is 24.5 Å². The van der Waals surface area contributed by atoms with Crippen LogP contribution in [0.25, 0.3) is 0 Å². The molecule has 1 aliphatic rings. The van der Waals surface area contributed by atoms with E-state index in [1.165, 1.54) is 0 Å². The largest absolute Gasteiger partial charge is 0.392 e. The Morgan fingerprint density at radius 2 is 1.47 bits per heavy atom. The van der Waals surface area contributed by atoms with E-state index in [1.54, 1.807) is 12.1 Å². The van der Waals surface area contributed by atoms with Gasteiger partial charge in [-0.3, -0.25) is 9.69 Å². The van der Waals surface area contributed by atoms with E-state index >= 15 is 0 Å². The standard InChI is InChI=1S/C36H40N2O5/c1-24-32(22-38(3)25(2)33(40)27-10-6-4-7-11-27)42-36(43-34(24)28-16-14-26(23-39)15-17-28)30-18-20-31(21-19-30)37-35(41)29-12-8-5-9-13-29/h4-21,24-25,32-34,36,39-40H,22-23H2,1-3H3,(H,37,41)/t24-,25+,32+,33+,34+,36+/m1/s1. The van der Waals surface area contributed by atoms with Crippen LogP contribution in [0, 0.1) is 5.92 Å². The number of hydrogen-bond acceptors (Lipinski definition) is 6. The molecule has 0 radical (unpaired) electrons. The van der Waals surface area contributed by atoms with Gasteiger partial charge in [0, 0.05) is 35.3 Å². The highest BCUT2D eigenvalue weighted by Gasteiger charge is 2.39. The van der Waals surface area contributed by atoms with Crippen LogP contribution >= 0.6 is 0 Å². The lowest BCUT2D eigenvalue weighted by Gasteiger charge is -2.43. The summed E-state index contributed by atoms with van der Waals surface area (Å²) in [5, 5.41) is 23.5. The molecule has 43 heavy (non-hydrogen) atoms. The molecule has 5 rings (SSSR count). The van der Waals surface area contributed by atoms with Gasteiger partial charge >= 0.3 is 0 Å². The van der Waals surface area contributed by atoms with Gasteiger partial charge in [0.15, 0.2) is 6.29 Å². The van der Waals surface area contributed by atoms with E-state index in [1.807, 2.05) is 111 Å². The zero-order valence-corrected chi connectivity index (χ0v) is 24.8. The lowest BCUT2D eigenvalue weighted by molar-refractivity contribution is -0.276. The van der Waals surface area contributed by atoms with Gasteiger partial charge in [-0.2, -0.15) is 0 Å². The van der Waals surface area contributed by atoms with Crippen LogP contribution in [-0.4, -0.2) is 46.8 Å². The van der Waals surface area contributed by atoms with Crippen LogP contribution in [0.15, 0.2) is 109 Å². The first-order valence-electron chi connectivity index (χ1n) is 14.7. The van der Waals surface area contributed by atoms with Gasteiger partial charge in [0.2, 0.25) is 0 Å². The van der Waals surface area contributed by atoms with Crippen molar-refractivity contribution in [1.29, 1.82) is 0 Å². The second-order valence-corrected chi connectivity index (χ2v) is 11.3. The fourth-order valence-electron chi connectivity index (χ4n) is 5.46. The monoisotopic (exact) mass is 580 g/mol. The molecule has 4 aromatic carbocycles. The Kier molecular flexibility index (Phi) is 10.0. The minimum absolute atomic E-state index is 0.00387. The normalized spacial score (nSPS) is 21.7. The third-order valence-electron chi connectivity index (χ3n) is 8.36. The number of hydrogen-bond donors (Lipinski definition) is 3. The SMILES string of the molecule is C[C@@H]1[C@H](CN(C)[C@@H](C)[C@H](O)c2ccccc2)O[C@H](c2ccc(NC(=O)c3ccccc3)cc2)O[C@@H]1c1ccc(CO)cc1. The van der Waals surface area contributed by atoms with E-state index in [4.69, 9.17) is 9.47 Å². The topological polar surface area (TPSA) is 91.3 Å². The molecule has 1 amide bonds. The Balaban J connectivity index is 1.35. The number of nitrogens with zero attached hydrogens (tertiary/aromatic N) is 1. The van der Waals surface area contributed by atoms with Crippen LogP contribution in [0.5, 0.6) is 0 Å². The molecule has 7 nitrogen and oxygen atoms in total. The second-order valence-electron chi connectivity index (χ2n) is 11.3. The van der Waals surface area contributed by atoms with Crippen molar-refractivity contribution in [1.82, 2.24) is 4.90 Å². The highest BCUT2D eigenvalue weighted by Crippen LogP contribution is 2.42. The second kappa shape index (κ2) is 14.1. The van der Waals surface area contributed by atoms with E-state index in [9.17, 15) is 15.0 Å². The van der Waals surface area contributed by atoms with Crippen LogP contribution in [0.1, 0.15) is 65.0 Å². The Morgan fingerprint density at radius 3 is 2.09 bits per heavy atom. The molecule has 3 N–H and O–H groups in total. The first-order valence-corrected chi connectivity index (χ1v) is 14.7. The zero-order valence-electron chi connectivity index (χ0n) is 24.8. The zero-order chi connectivity index (χ0) is 30.3. The number of aliphatic hydroxyl groups is 2. The lowest BCUT2D eigenvalue weighted by Crippen LogP contribution is -2.46. The van der Waals surface area contributed by atoms with Crippen molar-refractivity contribution in [2.75, 3.05) is 18.9 Å². The first kappa shape index (κ1) is 30.6. The number of benzene rings is 4. The van der Waals surface area contributed by atoms with Crippen LogP contribution in [-0.2, 0) is 16.1 Å². The summed E-state index contributed by atoms with van der Waals surface area (Å²) >= 11 is 0. The smallest absolute Gasteiger partial charge is 0.255 e. The molecule has 0 saturated carbocycles. The molecule has 0 aromatic heterocycles. The molecule has 6 atom stereocenters. The summed E-state index contributed by atoms with van der Waals surface area (Å²) in [5.41, 5.74) is 4.84. The molecular formula is C36H40N2O5. The predicted octanol–water partition coefficient (Wildman–Crippen LogP) is 6.28. The molecule has 7 heteroatoms. The van der Waals surface area contributed by atoms with E-state index in [0.717, 1.165) is 22.3 Å². The minimum Gasteiger partial charge on any atom is -0.392 e. The Bertz CT molecular complexity index is 1450. The van der Waals surface area contributed by atoms with Crippen LogP contribution in [0.3, 0.4) is 0 Å². The number of rotatable bonds is 10. The quantitative estimate of drug-likeness (QED) is 0.205. The molecule has 1 fully saturated rings. The molecule has 4 aromatic rings. The highest BCUT2D eigenvalue weighted by molar-refractivity contribution is 6.04. The maximum atomic E-state index is 12.6. The van der Waals surface area contributed by atoms with Crippen LogP contribution < -0.4 is 5.32 Å². The maximum Gasteiger partial charge on any atom is 0.255 e. The van der Waals surface area contributed by atoms with Crippen LogP contribution in [0.4, 0.5) is 5.69 Å². The third-order valence-corrected chi connectivity index (χ3v) is 8.36. The highest BCUT2D eigenvalue weighted by atomic mass is 16.7. The molecule has 0 bridgehead atoms. The van der Waals surface area contributed by atoms with Crippen molar-refractivity contribution in [3.05, 3.63) is 137 Å². The molecule has 0 spiro atoms. The van der Waals surface area contributed by atoms with Gasteiger partial charge in [0.25, 0.3) is 5.91 Å². The Labute approximate surface area is 253 Å². The van der Waals surface area contributed by atoms with Gasteiger partial charge in [-0.05, 0) is 54.9 Å². The summed E-state index contributed by atoms with van der Waals surface area (Å²) in [6, 6.07) is 34.0. The maximum absolute atomic E-state index is 12.6. The van der Waals surface area contributed by atoms with Crippen molar-refractivity contribution in [2.45, 2.75) is 51.1 Å². The van der Waals surface area contributed by atoms with Gasteiger partial charge in [-0.25, -0.2) is 0 Å². The number of ether oxygens (including phenoxy) is 2. The summed E-state index contributed by atoms with van der Waals surface area (Å²) in [5.74, 6) is -0.169. The number of anilines is 1. The van der Waals surface area contributed by atoms with Gasteiger partial charge in [0.1, 0.15) is 0 Å². The van der Waals surface area contributed by atoms with Crippen molar-refractivity contribution in [3.63, 3.8) is 0 Å². The number of nitrogens with one attached hydrogen (secondary N) is 1. The summed E-state index contributed by atoms with van der Waals surface area (Å²) in [6.07, 6.45) is -1.73. The average Bonchev–Trinajstić information content (AvgIpc) is 3.06. The Hall–Kier alpha value is -3.85. The summed E-state index contributed by atoms with van der Waals surface area (Å²) < 4.78 is 13.2. The van der Waals surface area contributed by atoms with Gasteiger partial charge < -0.3 is 25.0 Å². The van der Waals surface area contributed by atoms with E-state index < -0.39 is 12.4 Å². The van der Waals surface area contributed by atoms with Gasteiger partial charge in [-0.15, -0.1) is 0 Å². The van der Waals surface area contributed by atoms with E-state index in [0.29, 0.717) is 17.8 Å². The van der Waals surface area contributed by atoms with E-state index in [-0.39, 0.29) is 36.7 Å². The summed E-state index contributed by atoms with van der Waals surface area (Å²) in [6.45, 7) is 4.71. The predicted molar refractivity (Wildman–Crippen MR) is 167 cm³/mol. The number of likely N-dealkylation sites (N-methyl/N-ethyl adjacent to an activating group) is 1. The molecule has 1 aliphatic heterocycles. The fourth-order valence-corrected chi connectivity index (χ4v) is 5.46. The molecule has 1 heterocycles. The first-order chi connectivity index (χ1) is 20.8. The van der Waals surface area contributed by atoms with Gasteiger partial charge in [0.05, 0.1) is 24.9 Å². The van der Waals surface area contributed by atoms with Gasteiger partial charge in [-0.1, -0.05) is 91.9 Å². The lowest BCUT2D eigenvalue weighted by atomic mass is 9.89. The van der Waals surface area contributed by atoms with E-state index in [2.05, 4.69) is 17.1 Å². The Morgan fingerprint density at radius 1 is 0.860 bits per heavy atom. The minimum atomic E-state index is -0.641. The van der Waals surface area contributed by atoms with Crippen molar-refractivity contribution in [2.24, 2.45) is 5.92 Å². The third kappa shape index (κ3) is 7.39. The number of amides is 1. The number of carbonyl (C=O) groups excluding carboxylic acids is 1. The number of aliphatic hydroxyl groups excluding tert-OH is 2. The van der Waals surface area contributed by atoms with Crippen LogP contribution in [0.2, 0.25) is 0 Å². The summed E-state index contributed by atoms with van der Waals surface area (Å²) in [7, 11) is 2.01. The molecule has 1 saturated heterocycles. The number of carbonyl (C=O) groups is 1. The molecule has 0 unspecified atom stereocenters.